The molecule has 0 bridgehead atoms. The minimum absolute atomic E-state index is 0.210. The monoisotopic (exact) mass is 293 g/mol. The Labute approximate surface area is 124 Å². The number of hydrogen-bond acceptors (Lipinski definition) is 3. The zero-order valence-corrected chi connectivity index (χ0v) is 12.7. The van der Waals surface area contributed by atoms with Crippen LogP contribution >= 0.6 is 0 Å². The molecule has 0 saturated heterocycles. The van der Waals surface area contributed by atoms with Gasteiger partial charge in [-0.25, -0.2) is 4.79 Å². The zero-order valence-electron chi connectivity index (χ0n) is 12.7. The Hall–Kier alpha value is -1.75. The van der Waals surface area contributed by atoms with Crippen LogP contribution < -0.4 is 5.32 Å². The number of carbonyl (C=O) groups is 1. The van der Waals surface area contributed by atoms with Gasteiger partial charge in [-0.2, -0.15) is 0 Å². The lowest BCUT2D eigenvalue weighted by Gasteiger charge is -2.48. The Balaban J connectivity index is 2.60. The molecule has 0 aromatic heterocycles. The second-order valence-electron chi connectivity index (χ2n) is 5.61. The molecule has 0 unspecified atom stereocenters. The van der Waals surface area contributed by atoms with Crippen molar-refractivity contribution in [3.05, 3.63) is 29.3 Å². The van der Waals surface area contributed by atoms with Crippen LogP contribution in [0.3, 0.4) is 0 Å². The highest BCUT2D eigenvalue weighted by Crippen LogP contribution is 2.44. The second-order valence-corrected chi connectivity index (χ2v) is 5.61. The fourth-order valence-corrected chi connectivity index (χ4v) is 3.72. The van der Waals surface area contributed by atoms with Crippen LogP contribution in [0.25, 0.3) is 0 Å². The molecule has 1 aliphatic carbocycles. The smallest absolute Gasteiger partial charge is 0.404 e. The van der Waals surface area contributed by atoms with E-state index < -0.39 is 6.09 Å². The number of methoxy groups -OCH3 is 1. The van der Waals surface area contributed by atoms with Gasteiger partial charge < -0.3 is 20.3 Å². The van der Waals surface area contributed by atoms with Crippen molar-refractivity contribution in [3.8, 4) is 5.75 Å². The van der Waals surface area contributed by atoms with Gasteiger partial charge in [-0.05, 0) is 36.1 Å². The van der Waals surface area contributed by atoms with Crippen molar-refractivity contribution in [1.29, 1.82) is 0 Å². The van der Waals surface area contributed by atoms with E-state index in [1.807, 2.05) is 19.9 Å². The van der Waals surface area contributed by atoms with Crippen LogP contribution in [0.5, 0.6) is 5.75 Å². The highest BCUT2D eigenvalue weighted by atomic mass is 16.5. The van der Waals surface area contributed by atoms with Gasteiger partial charge in [-0.1, -0.05) is 19.9 Å². The number of ether oxygens (including phenoxy) is 1. The number of carboxylic acid groups (broad SMARTS) is 1. The topological polar surface area (TPSA) is 78.8 Å². The number of aromatic hydroxyl groups is 1. The van der Waals surface area contributed by atoms with E-state index in [9.17, 15) is 15.0 Å². The van der Waals surface area contributed by atoms with Crippen LogP contribution in [0.15, 0.2) is 18.2 Å². The maximum Gasteiger partial charge on any atom is 0.404 e. The van der Waals surface area contributed by atoms with Crippen LogP contribution in [0.4, 0.5) is 4.79 Å². The number of benzene rings is 1. The summed E-state index contributed by atoms with van der Waals surface area (Å²) >= 11 is 0. The molecule has 0 saturated carbocycles. The van der Waals surface area contributed by atoms with Crippen molar-refractivity contribution >= 4 is 6.09 Å². The first-order chi connectivity index (χ1) is 9.98. The molecule has 3 N–H and O–H groups in total. The summed E-state index contributed by atoms with van der Waals surface area (Å²) in [7, 11) is 1.61. The van der Waals surface area contributed by atoms with E-state index in [1.165, 1.54) is 0 Å². The summed E-state index contributed by atoms with van der Waals surface area (Å²) in [5, 5.41) is 21.7. The standard InChI is InChI=1S/C16H23NO4/c1-4-16(5-2)12-9-11(18)7-6-10(12)8-13(21-3)14(16)17-15(19)20/h6-7,9,13-14,17-18H,4-5,8H2,1-3H3,(H,19,20)/t13-,14+/m0/s1. The molecule has 0 heterocycles. The average Bonchev–Trinajstić information content (AvgIpc) is 2.47. The molecule has 1 aliphatic rings. The van der Waals surface area contributed by atoms with Gasteiger partial charge >= 0.3 is 6.09 Å². The Morgan fingerprint density at radius 1 is 1.43 bits per heavy atom. The van der Waals surface area contributed by atoms with Crippen molar-refractivity contribution in [2.75, 3.05) is 7.11 Å². The Morgan fingerprint density at radius 2 is 2.10 bits per heavy atom. The van der Waals surface area contributed by atoms with Crippen LogP contribution in [-0.4, -0.2) is 35.6 Å². The van der Waals surface area contributed by atoms with Crippen molar-refractivity contribution in [2.24, 2.45) is 0 Å². The number of nitrogens with one attached hydrogen (secondary N) is 1. The lowest BCUT2D eigenvalue weighted by atomic mass is 9.62. The van der Waals surface area contributed by atoms with E-state index in [1.54, 1.807) is 19.2 Å². The van der Waals surface area contributed by atoms with Gasteiger partial charge in [-0.15, -0.1) is 0 Å². The van der Waals surface area contributed by atoms with E-state index in [-0.39, 0.29) is 23.3 Å². The average molecular weight is 293 g/mol. The number of amides is 1. The third-order valence-corrected chi connectivity index (χ3v) is 4.86. The molecule has 5 nitrogen and oxygen atoms in total. The third kappa shape index (κ3) is 2.58. The summed E-state index contributed by atoms with van der Waals surface area (Å²) in [6, 6.07) is 5.02. The Morgan fingerprint density at radius 3 is 2.62 bits per heavy atom. The van der Waals surface area contributed by atoms with Crippen LogP contribution in [0.1, 0.15) is 37.8 Å². The summed E-state index contributed by atoms with van der Waals surface area (Å²) in [4.78, 5) is 11.2. The third-order valence-electron chi connectivity index (χ3n) is 4.86. The molecule has 21 heavy (non-hydrogen) atoms. The zero-order chi connectivity index (χ0) is 15.6. The Bertz CT molecular complexity index is 525. The summed E-state index contributed by atoms with van der Waals surface area (Å²) in [6.07, 6.45) is 0.920. The molecule has 0 radical (unpaired) electrons. The van der Waals surface area contributed by atoms with E-state index in [4.69, 9.17) is 4.74 Å². The van der Waals surface area contributed by atoms with Gasteiger partial charge in [0.1, 0.15) is 5.75 Å². The maximum atomic E-state index is 11.2. The molecule has 1 aromatic rings. The molecule has 0 aliphatic heterocycles. The van der Waals surface area contributed by atoms with Crippen molar-refractivity contribution in [1.82, 2.24) is 5.32 Å². The van der Waals surface area contributed by atoms with Crippen LogP contribution in [0.2, 0.25) is 0 Å². The summed E-state index contributed by atoms with van der Waals surface area (Å²) in [5.74, 6) is 0.213. The molecule has 5 heteroatoms. The fraction of sp³-hybridized carbons (Fsp3) is 0.562. The summed E-state index contributed by atoms with van der Waals surface area (Å²) in [5.41, 5.74) is 1.78. The van der Waals surface area contributed by atoms with Gasteiger partial charge in [0.15, 0.2) is 0 Å². The first-order valence-electron chi connectivity index (χ1n) is 7.33. The number of hydrogen-bond donors (Lipinski definition) is 3. The second kappa shape index (κ2) is 5.93. The molecule has 0 fully saturated rings. The van der Waals surface area contributed by atoms with E-state index in [2.05, 4.69) is 5.32 Å². The largest absolute Gasteiger partial charge is 0.508 e. The van der Waals surface area contributed by atoms with Crippen molar-refractivity contribution < 1.29 is 19.7 Å². The first kappa shape index (κ1) is 15.6. The molecule has 116 valence electrons. The Kier molecular flexibility index (Phi) is 4.42. The van der Waals surface area contributed by atoms with E-state index in [0.29, 0.717) is 6.42 Å². The fourth-order valence-electron chi connectivity index (χ4n) is 3.72. The molecule has 2 atom stereocenters. The lowest BCUT2D eigenvalue weighted by molar-refractivity contribution is 0.0253. The predicted octanol–water partition coefficient (Wildman–Crippen LogP) is 2.66. The SMILES string of the molecule is CCC1(CC)c2cc(O)ccc2C[C@H](OC)[C@H]1NC(=O)O. The molecule has 2 rings (SSSR count). The normalized spacial score (nSPS) is 23.4. The lowest BCUT2D eigenvalue weighted by Crippen LogP contribution is -2.60. The van der Waals surface area contributed by atoms with Gasteiger partial charge in [0.25, 0.3) is 0 Å². The molecule has 1 amide bonds. The highest BCUT2D eigenvalue weighted by Gasteiger charge is 2.47. The van der Waals surface area contributed by atoms with Crippen LogP contribution in [0, 0.1) is 0 Å². The highest BCUT2D eigenvalue weighted by molar-refractivity contribution is 5.66. The van der Waals surface area contributed by atoms with E-state index in [0.717, 1.165) is 24.0 Å². The van der Waals surface area contributed by atoms with Gasteiger partial charge in [-0.3, -0.25) is 0 Å². The minimum Gasteiger partial charge on any atom is -0.508 e. The summed E-state index contributed by atoms with van der Waals surface area (Å²) in [6.45, 7) is 4.10. The van der Waals surface area contributed by atoms with Gasteiger partial charge in [0.05, 0.1) is 12.1 Å². The molecular weight excluding hydrogens is 270 g/mol. The molecular formula is C16H23NO4. The number of phenols is 1. The summed E-state index contributed by atoms with van der Waals surface area (Å²) < 4.78 is 5.56. The van der Waals surface area contributed by atoms with E-state index >= 15 is 0 Å². The first-order valence-corrected chi connectivity index (χ1v) is 7.33. The van der Waals surface area contributed by atoms with Crippen molar-refractivity contribution in [2.45, 2.75) is 50.7 Å². The number of fused-ring (bicyclic) bond motifs is 1. The number of phenolic OH excluding ortho intramolecular Hbond substituents is 1. The maximum absolute atomic E-state index is 11.2. The quantitative estimate of drug-likeness (QED) is 0.797. The van der Waals surface area contributed by atoms with Crippen molar-refractivity contribution in [3.63, 3.8) is 0 Å². The van der Waals surface area contributed by atoms with Gasteiger partial charge in [0, 0.05) is 18.9 Å². The van der Waals surface area contributed by atoms with Crippen LogP contribution in [-0.2, 0) is 16.6 Å². The predicted molar refractivity (Wildman–Crippen MR) is 79.8 cm³/mol. The molecule has 1 aromatic carbocycles. The number of rotatable bonds is 4. The minimum atomic E-state index is -1.04. The molecule has 0 spiro atoms. The van der Waals surface area contributed by atoms with Gasteiger partial charge in [0.2, 0.25) is 0 Å².